The normalized spacial score (nSPS) is 22.4. The molecule has 1 saturated heterocycles. The average molecular weight is 337 g/mol. The van der Waals surface area contributed by atoms with E-state index < -0.39 is 0 Å². The van der Waals surface area contributed by atoms with Crippen molar-refractivity contribution in [1.82, 2.24) is 15.9 Å². The van der Waals surface area contributed by atoms with Crippen LogP contribution < -0.4 is 10.7 Å². The molecular formula is C21H27N3O. The molecule has 0 spiro atoms. The second-order valence-electron chi connectivity index (χ2n) is 7.84. The lowest BCUT2D eigenvalue weighted by molar-refractivity contribution is -0.0885. The summed E-state index contributed by atoms with van der Waals surface area (Å²) >= 11 is 0. The second-order valence-corrected chi connectivity index (χ2v) is 7.84. The van der Waals surface area contributed by atoms with E-state index >= 15 is 0 Å². The zero-order valence-electron chi connectivity index (χ0n) is 15.0. The minimum absolute atomic E-state index is 0.0989. The highest BCUT2D eigenvalue weighted by atomic mass is 16.5. The Hall–Kier alpha value is -1.88. The van der Waals surface area contributed by atoms with E-state index in [4.69, 9.17) is 0 Å². The summed E-state index contributed by atoms with van der Waals surface area (Å²) in [5, 5.41) is 17.2. The van der Waals surface area contributed by atoms with Crippen LogP contribution in [0.25, 0.3) is 10.8 Å². The Kier molecular flexibility index (Phi) is 4.28. The molecule has 1 fully saturated rings. The molecule has 4 nitrogen and oxygen atoms in total. The summed E-state index contributed by atoms with van der Waals surface area (Å²) in [6.45, 7) is 6.64. The van der Waals surface area contributed by atoms with Crippen molar-refractivity contribution < 1.29 is 5.21 Å². The van der Waals surface area contributed by atoms with Crippen molar-refractivity contribution in [3.8, 4) is 0 Å². The molecule has 4 rings (SSSR count). The highest BCUT2D eigenvalue weighted by molar-refractivity contribution is 5.83. The third-order valence-electron chi connectivity index (χ3n) is 5.89. The second kappa shape index (κ2) is 6.45. The van der Waals surface area contributed by atoms with Crippen LogP contribution >= 0.6 is 0 Å². The molecule has 4 heteroatoms. The van der Waals surface area contributed by atoms with Gasteiger partial charge in [0.05, 0.1) is 6.04 Å². The van der Waals surface area contributed by atoms with Gasteiger partial charge < -0.3 is 5.32 Å². The number of hydroxylamine groups is 1. The number of fused-ring (bicyclic) bond motifs is 1. The highest BCUT2D eigenvalue weighted by Gasteiger charge is 2.41. The van der Waals surface area contributed by atoms with Crippen molar-refractivity contribution in [2.45, 2.75) is 38.1 Å². The summed E-state index contributed by atoms with van der Waals surface area (Å²) in [5.74, 6) is 0.524. The van der Waals surface area contributed by atoms with Gasteiger partial charge in [0, 0.05) is 11.6 Å². The van der Waals surface area contributed by atoms with Gasteiger partial charge in [0.25, 0.3) is 0 Å². The van der Waals surface area contributed by atoms with Crippen molar-refractivity contribution >= 4 is 10.8 Å². The molecule has 0 aliphatic carbocycles. The lowest BCUT2D eigenvalue weighted by Crippen LogP contribution is -2.48. The van der Waals surface area contributed by atoms with Gasteiger partial charge in [-0.2, -0.15) is 5.17 Å². The van der Waals surface area contributed by atoms with Crippen LogP contribution in [0.15, 0.2) is 54.2 Å². The van der Waals surface area contributed by atoms with Gasteiger partial charge in [0.15, 0.2) is 0 Å². The number of nitrogens with one attached hydrogen (secondary N) is 2. The molecule has 0 aromatic heterocycles. The third kappa shape index (κ3) is 3.06. The topological polar surface area (TPSA) is 47.5 Å². The molecule has 2 aromatic rings. The van der Waals surface area contributed by atoms with Gasteiger partial charge in [-0.15, -0.1) is 0 Å². The van der Waals surface area contributed by atoms with E-state index in [0.29, 0.717) is 5.92 Å². The minimum Gasteiger partial charge on any atom is -0.317 e. The summed E-state index contributed by atoms with van der Waals surface area (Å²) < 4.78 is 0. The number of hydrazine groups is 1. The Labute approximate surface area is 149 Å². The molecule has 0 amide bonds. The van der Waals surface area contributed by atoms with Gasteiger partial charge in [-0.05, 0) is 53.8 Å². The fourth-order valence-corrected chi connectivity index (χ4v) is 4.29. The SMILES string of the molecule is CC(C)(c1ccc2ccccc2c1)C1NN(O)C=C1C1CCNCC1. The standard InChI is InChI=1S/C21H27N3O/c1-21(2,18-8-7-15-5-3-4-6-17(15)13-18)20-19(14-24(25)23-20)16-9-11-22-12-10-16/h3-8,13-14,16,20,22-23,25H,9-12H2,1-2H3. The fraction of sp³-hybridized carbons (Fsp3) is 0.429. The van der Waals surface area contributed by atoms with Gasteiger partial charge >= 0.3 is 0 Å². The highest BCUT2D eigenvalue weighted by Crippen LogP contribution is 2.39. The number of hydrogen-bond acceptors (Lipinski definition) is 4. The summed E-state index contributed by atoms with van der Waals surface area (Å²) in [4.78, 5) is 0. The number of hydrogen-bond donors (Lipinski definition) is 3. The quantitative estimate of drug-likeness (QED) is 0.801. The Morgan fingerprint density at radius 2 is 1.76 bits per heavy atom. The summed E-state index contributed by atoms with van der Waals surface area (Å²) in [6.07, 6.45) is 4.15. The van der Waals surface area contributed by atoms with E-state index in [1.807, 2.05) is 6.20 Å². The molecule has 3 N–H and O–H groups in total. The van der Waals surface area contributed by atoms with Crippen molar-refractivity contribution in [2.24, 2.45) is 5.92 Å². The average Bonchev–Trinajstić information content (AvgIpc) is 3.05. The molecule has 132 valence electrons. The maximum Gasteiger partial charge on any atom is 0.0607 e. The molecule has 25 heavy (non-hydrogen) atoms. The third-order valence-corrected chi connectivity index (χ3v) is 5.89. The zero-order chi connectivity index (χ0) is 17.4. The van der Waals surface area contributed by atoms with E-state index in [2.05, 4.69) is 67.1 Å². The van der Waals surface area contributed by atoms with Crippen molar-refractivity contribution in [2.75, 3.05) is 13.1 Å². The van der Waals surface area contributed by atoms with E-state index in [-0.39, 0.29) is 11.5 Å². The molecule has 2 aliphatic rings. The van der Waals surface area contributed by atoms with E-state index in [9.17, 15) is 5.21 Å². The van der Waals surface area contributed by atoms with Crippen molar-refractivity contribution in [1.29, 1.82) is 0 Å². The number of benzene rings is 2. The van der Waals surface area contributed by atoms with Crippen LogP contribution in [0.3, 0.4) is 0 Å². The van der Waals surface area contributed by atoms with Gasteiger partial charge in [0.2, 0.25) is 0 Å². The maximum atomic E-state index is 10.1. The zero-order valence-corrected chi connectivity index (χ0v) is 15.0. The molecule has 0 radical (unpaired) electrons. The summed E-state index contributed by atoms with van der Waals surface area (Å²) in [7, 11) is 0. The van der Waals surface area contributed by atoms with Crippen LogP contribution in [0, 0.1) is 5.92 Å². The van der Waals surface area contributed by atoms with Crippen LogP contribution in [-0.4, -0.2) is 29.5 Å². The molecule has 2 heterocycles. The van der Waals surface area contributed by atoms with Crippen LogP contribution in [0.5, 0.6) is 0 Å². The monoisotopic (exact) mass is 337 g/mol. The first-order chi connectivity index (χ1) is 12.1. The van der Waals surface area contributed by atoms with Gasteiger partial charge in [-0.1, -0.05) is 56.3 Å². The van der Waals surface area contributed by atoms with E-state index in [1.54, 1.807) is 0 Å². The Morgan fingerprint density at radius 1 is 1.04 bits per heavy atom. The van der Waals surface area contributed by atoms with Gasteiger partial charge in [0.1, 0.15) is 0 Å². The summed E-state index contributed by atoms with van der Waals surface area (Å²) in [5.41, 5.74) is 5.75. The first-order valence-electron chi connectivity index (χ1n) is 9.21. The number of nitrogens with zero attached hydrogens (tertiary/aromatic N) is 1. The first kappa shape index (κ1) is 16.6. The Morgan fingerprint density at radius 3 is 2.52 bits per heavy atom. The maximum absolute atomic E-state index is 10.1. The Bertz CT molecular complexity index is 793. The van der Waals surface area contributed by atoms with Crippen LogP contribution in [0.2, 0.25) is 0 Å². The van der Waals surface area contributed by atoms with Gasteiger partial charge in [-0.25, -0.2) is 5.43 Å². The molecule has 1 unspecified atom stereocenters. The lowest BCUT2D eigenvalue weighted by Gasteiger charge is -2.37. The van der Waals surface area contributed by atoms with Gasteiger partial charge in [-0.3, -0.25) is 5.21 Å². The predicted octanol–water partition coefficient (Wildman–Crippen LogP) is 3.58. The first-order valence-corrected chi connectivity index (χ1v) is 9.21. The lowest BCUT2D eigenvalue weighted by atomic mass is 9.71. The minimum atomic E-state index is -0.127. The molecule has 1 atom stereocenters. The molecular weight excluding hydrogens is 310 g/mol. The fourth-order valence-electron chi connectivity index (χ4n) is 4.29. The van der Waals surface area contributed by atoms with Crippen LogP contribution in [-0.2, 0) is 5.41 Å². The summed E-state index contributed by atoms with van der Waals surface area (Å²) in [6, 6.07) is 15.3. The molecule has 2 aromatic carbocycles. The number of piperidine rings is 1. The smallest absolute Gasteiger partial charge is 0.0607 e. The molecule has 2 aliphatic heterocycles. The van der Waals surface area contributed by atoms with Crippen molar-refractivity contribution in [3.05, 3.63) is 59.8 Å². The Balaban J connectivity index is 1.68. The largest absolute Gasteiger partial charge is 0.317 e. The van der Waals surface area contributed by atoms with Crippen LogP contribution in [0.4, 0.5) is 0 Å². The molecule has 0 saturated carbocycles. The number of rotatable bonds is 3. The van der Waals surface area contributed by atoms with Crippen LogP contribution in [0.1, 0.15) is 32.3 Å². The molecule has 0 bridgehead atoms. The van der Waals surface area contributed by atoms with E-state index in [0.717, 1.165) is 31.1 Å². The predicted molar refractivity (Wildman–Crippen MR) is 101 cm³/mol. The van der Waals surface area contributed by atoms with Crippen molar-refractivity contribution in [3.63, 3.8) is 0 Å². The van der Waals surface area contributed by atoms with E-state index in [1.165, 1.54) is 21.9 Å².